The summed E-state index contributed by atoms with van der Waals surface area (Å²) in [6.45, 7) is 11.2. The van der Waals surface area contributed by atoms with Crippen molar-refractivity contribution < 1.29 is 19.4 Å². The average Bonchev–Trinajstić information content (AvgIpc) is 3.08. The maximum atomic E-state index is 10.4. The van der Waals surface area contributed by atoms with E-state index in [2.05, 4.69) is 48.8 Å². The fraction of sp³-hybridized carbons (Fsp3) is 0.688. The molecule has 0 spiro atoms. The van der Waals surface area contributed by atoms with Crippen LogP contribution in [0.15, 0.2) is 12.7 Å². The van der Waals surface area contributed by atoms with Gasteiger partial charge in [-0.3, -0.25) is 4.57 Å². The number of aliphatic hydroxyl groups is 1. The monoisotopic (exact) mass is 366 g/mol. The first-order valence-corrected chi connectivity index (χ1v) is 11.3. The van der Waals surface area contributed by atoms with Gasteiger partial charge >= 0.3 is 0 Å². The van der Waals surface area contributed by atoms with E-state index in [0.29, 0.717) is 24.2 Å². The van der Waals surface area contributed by atoms with Gasteiger partial charge in [0.05, 0.1) is 19.0 Å². The molecule has 2 N–H and O–H groups in total. The van der Waals surface area contributed by atoms with E-state index in [1.165, 1.54) is 6.33 Å². The molecule has 0 unspecified atom stereocenters. The summed E-state index contributed by atoms with van der Waals surface area (Å²) in [6, 6.07) is 0. The van der Waals surface area contributed by atoms with Crippen LogP contribution in [0.3, 0.4) is 0 Å². The van der Waals surface area contributed by atoms with E-state index in [9.17, 15) is 10.2 Å². The molecule has 2 aromatic rings. The van der Waals surface area contributed by atoms with Crippen LogP contribution < -0.4 is 0 Å². The van der Waals surface area contributed by atoms with E-state index in [1.54, 1.807) is 10.9 Å². The van der Waals surface area contributed by atoms with Gasteiger partial charge in [0.1, 0.15) is 18.7 Å². The lowest BCUT2D eigenvalue weighted by Gasteiger charge is -2.37. The van der Waals surface area contributed by atoms with Gasteiger partial charge in [0.15, 0.2) is 19.5 Å². The fourth-order valence-electron chi connectivity index (χ4n) is 2.59. The Morgan fingerprint density at radius 3 is 2.72 bits per heavy atom. The van der Waals surface area contributed by atoms with E-state index < -0.39 is 26.8 Å². The van der Waals surface area contributed by atoms with Crippen LogP contribution in [0.2, 0.25) is 18.1 Å². The summed E-state index contributed by atoms with van der Waals surface area (Å²) in [5.41, 5.74) is 0.803. The molecule has 3 atom stereocenters. The Hall–Kier alpha value is -1.55. The summed E-state index contributed by atoms with van der Waals surface area (Å²) in [5, 5.41) is 20.2. The van der Waals surface area contributed by atoms with Crippen molar-refractivity contribution in [2.45, 2.75) is 63.8 Å². The normalized spacial score (nSPS) is 25.0. The van der Waals surface area contributed by atoms with Gasteiger partial charge in [-0.25, -0.2) is 9.97 Å². The van der Waals surface area contributed by atoms with Crippen molar-refractivity contribution in [1.82, 2.24) is 19.5 Å². The molecular weight excluding hydrogens is 340 g/mol. The molecule has 3 rings (SSSR count). The zero-order valence-electron chi connectivity index (χ0n) is 15.3. The third-order valence-corrected chi connectivity index (χ3v) is 9.77. The van der Waals surface area contributed by atoms with Gasteiger partial charge in [-0.15, -0.1) is 0 Å². The summed E-state index contributed by atoms with van der Waals surface area (Å²) in [4.78, 5) is 12.0. The number of aromatic hydroxyl groups is 1. The second kappa shape index (κ2) is 6.31. The molecule has 8 nitrogen and oxygen atoms in total. The minimum atomic E-state index is -1.91. The van der Waals surface area contributed by atoms with Crippen LogP contribution in [0.4, 0.5) is 0 Å². The highest BCUT2D eigenvalue weighted by molar-refractivity contribution is 6.74. The molecule has 1 fully saturated rings. The zero-order chi connectivity index (χ0) is 18.4. The largest absolute Gasteiger partial charge is 0.492 e. The second-order valence-electron chi connectivity index (χ2n) is 8.02. The quantitative estimate of drug-likeness (QED) is 0.800. The van der Waals surface area contributed by atoms with Crippen LogP contribution in [0.25, 0.3) is 11.2 Å². The number of hydrogen-bond acceptors (Lipinski definition) is 7. The van der Waals surface area contributed by atoms with Crippen molar-refractivity contribution in [3.05, 3.63) is 12.7 Å². The van der Waals surface area contributed by atoms with Crippen molar-refractivity contribution in [3.63, 3.8) is 0 Å². The van der Waals surface area contributed by atoms with E-state index in [1.807, 2.05) is 0 Å². The predicted molar refractivity (Wildman–Crippen MR) is 94.7 cm³/mol. The molecule has 138 valence electrons. The highest BCUT2D eigenvalue weighted by atomic mass is 28.4. The number of hydrogen-bond donors (Lipinski definition) is 2. The van der Waals surface area contributed by atoms with Gasteiger partial charge < -0.3 is 19.4 Å². The van der Waals surface area contributed by atoms with Gasteiger partial charge in [0, 0.05) is 6.42 Å². The summed E-state index contributed by atoms with van der Waals surface area (Å²) in [6.07, 6.45) is 1.83. The zero-order valence-corrected chi connectivity index (χ0v) is 16.3. The molecule has 0 amide bonds. The van der Waals surface area contributed by atoms with Gasteiger partial charge in [-0.1, -0.05) is 20.8 Å². The van der Waals surface area contributed by atoms with E-state index >= 15 is 0 Å². The molecule has 2 aromatic heterocycles. The third-order valence-electron chi connectivity index (χ3n) is 5.27. The topological polar surface area (TPSA) is 103 Å². The Balaban J connectivity index is 1.72. The number of aromatic nitrogens is 4. The van der Waals surface area contributed by atoms with Crippen molar-refractivity contribution in [1.29, 1.82) is 0 Å². The minimum Gasteiger partial charge on any atom is -0.492 e. The Kier molecular flexibility index (Phi) is 4.61. The molecule has 0 radical (unpaired) electrons. The first-order chi connectivity index (χ1) is 11.6. The smallest absolute Gasteiger partial charge is 0.242 e. The molecule has 1 saturated heterocycles. The molecule has 3 heterocycles. The summed E-state index contributed by atoms with van der Waals surface area (Å²) >= 11 is 0. The van der Waals surface area contributed by atoms with Crippen LogP contribution in [-0.2, 0) is 9.16 Å². The first-order valence-electron chi connectivity index (χ1n) is 8.44. The maximum absolute atomic E-state index is 10.4. The number of nitrogens with zero attached hydrogens (tertiary/aromatic N) is 4. The highest BCUT2D eigenvalue weighted by Gasteiger charge is 2.41. The summed E-state index contributed by atoms with van der Waals surface area (Å²) in [7, 11) is -1.91. The standard InChI is InChI=1S/C16H26N4O4Si/c1-16(2,3)25(4,5)23-7-11-10(21)6-12(24-11)20-9-19-13-14(20)17-8-18-15(13)22/h8-12,21H,6-7H2,1-5H3,(H,17,18,22)/t10-,11+,12+/m0/s1. The predicted octanol–water partition coefficient (Wildman–Crippen LogP) is 2.20. The molecule has 1 aliphatic rings. The molecule has 25 heavy (non-hydrogen) atoms. The first kappa shape index (κ1) is 18.2. The molecule has 9 heteroatoms. The van der Waals surface area contributed by atoms with Crippen molar-refractivity contribution >= 4 is 19.5 Å². The fourth-order valence-corrected chi connectivity index (χ4v) is 3.61. The molecule has 1 aliphatic heterocycles. The Morgan fingerprint density at radius 2 is 2.04 bits per heavy atom. The van der Waals surface area contributed by atoms with Crippen LogP contribution in [0.5, 0.6) is 5.88 Å². The molecule has 0 saturated carbocycles. The molecular formula is C16H26N4O4Si. The number of rotatable bonds is 4. The maximum Gasteiger partial charge on any atom is 0.242 e. The summed E-state index contributed by atoms with van der Waals surface area (Å²) < 4.78 is 13.9. The van der Waals surface area contributed by atoms with Crippen molar-refractivity contribution in [3.8, 4) is 5.88 Å². The van der Waals surface area contributed by atoms with Crippen molar-refractivity contribution in [2.24, 2.45) is 0 Å². The highest BCUT2D eigenvalue weighted by Crippen LogP contribution is 2.38. The average molecular weight is 366 g/mol. The van der Waals surface area contributed by atoms with Gasteiger partial charge in [-0.05, 0) is 18.1 Å². The number of aliphatic hydroxyl groups excluding tert-OH is 1. The number of fused-ring (bicyclic) bond motifs is 1. The lowest BCUT2D eigenvalue weighted by atomic mass is 10.2. The third kappa shape index (κ3) is 3.41. The van der Waals surface area contributed by atoms with Crippen LogP contribution in [0, 0.1) is 0 Å². The van der Waals surface area contributed by atoms with Gasteiger partial charge in [0.2, 0.25) is 5.88 Å². The van der Waals surface area contributed by atoms with E-state index in [4.69, 9.17) is 9.16 Å². The van der Waals surface area contributed by atoms with Gasteiger partial charge in [-0.2, -0.15) is 4.98 Å². The Bertz CT molecular complexity index is 758. The lowest BCUT2D eigenvalue weighted by Crippen LogP contribution is -2.43. The number of imidazole rings is 1. The Labute approximate surface area is 148 Å². The molecule has 0 aromatic carbocycles. The van der Waals surface area contributed by atoms with Crippen LogP contribution >= 0.6 is 0 Å². The lowest BCUT2D eigenvalue weighted by molar-refractivity contribution is -0.0405. The number of ether oxygens (including phenoxy) is 1. The second-order valence-corrected chi connectivity index (χ2v) is 12.8. The molecule has 0 bridgehead atoms. The molecule has 0 aliphatic carbocycles. The van der Waals surface area contributed by atoms with Crippen LogP contribution in [0.1, 0.15) is 33.4 Å². The summed E-state index contributed by atoms with van der Waals surface area (Å²) in [5.74, 6) is -0.167. The van der Waals surface area contributed by atoms with Crippen LogP contribution in [-0.4, -0.2) is 56.9 Å². The van der Waals surface area contributed by atoms with Crippen molar-refractivity contribution in [2.75, 3.05) is 6.61 Å². The van der Waals surface area contributed by atoms with E-state index in [-0.39, 0.29) is 10.9 Å². The van der Waals surface area contributed by atoms with E-state index in [0.717, 1.165) is 0 Å². The minimum absolute atomic E-state index is 0.102. The van der Waals surface area contributed by atoms with Gasteiger partial charge in [0.25, 0.3) is 0 Å². The Morgan fingerprint density at radius 1 is 1.32 bits per heavy atom. The SMILES string of the molecule is CC(C)(C)[Si](C)(C)OC[C@H]1O[C@@H](n2cnc3c(O)ncnc32)C[C@@H]1O.